The van der Waals surface area contributed by atoms with E-state index in [4.69, 9.17) is 11.6 Å². The average molecular weight is 336 g/mol. The smallest absolute Gasteiger partial charge is 0.0596 e. The van der Waals surface area contributed by atoms with E-state index in [-0.39, 0.29) is 12.1 Å². The van der Waals surface area contributed by atoms with Gasteiger partial charge in [-0.15, -0.1) is 0 Å². The van der Waals surface area contributed by atoms with Gasteiger partial charge in [0, 0.05) is 11.1 Å². The largest absolute Gasteiger partial charge is 0.299 e. The molecule has 0 radical (unpaired) electrons. The molecule has 0 saturated heterocycles. The molecule has 0 aliphatic carbocycles. The third-order valence-electron chi connectivity index (χ3n) is 4.33. The third-order valence-corrected chi connectivity index (χ3v) is 4.67. The van der Waals surface area contributed by atoms with Gasteiger partial charge < -0.3 is 0 Å². The average Bonchev–Trinajstić information content (AvgIpc) is 2.65. The summed E-state index contributed by atoms with van der Waals surface area (Å²) in [5.74, 6) is 0. The molecule has 1 nitrogen and oxygen atoms in total. The van der Waals surface area contributed by atoms with E-state index in [0.29, 0.717) is 0 Å². The fraction of sp³-hybridized carbons (Fsp3) is 0.182. The molecule has 0 aliphatic heterocycles. The first-order valence-corrected chi connectivity index (χ1v) is 8.77. The highest BCUT2D eigenvalue weighted by atomic mass is 35.5. The normalized spacial score (nSPS) is 13.4. The van der Waals surface area contributed by atoms with Crippen LogP contribution in [0, 0.1) is 0 Å². The van der Waals surface area contributed by atoms with Crippen molar-refractivity contribution >= 4 is 11.6 Å². The number of hydrogen-bond acceptors (Lipinski definition) is 1. The van der Waals surface area contributed by atoms with Crippen LogP contribution in [0.2, 0.25) is 5.02 Å². The topological polar surface area (TPSA) is 12.0 Å². The quantitative estimate of drug-likeness (QED) is 0.568. The lowest BCUT2D eigenvalue weighted by Crippen LogP contribution is -2.27. The molecule has 1 N–H and O–H groups in total. The van der Waals surface area contributed by atoms with Crippen molar-refractivity contribution in [1.82, 2.24) is 5.32 Å². The molecule has 3 aromatic carbocycles. The Morgan fingerprint density at radius 1 is 0.750 bits per heavy atom. The fourth-order valence-electron chi connectivity index (χ4n) is 3.06. The van der Waals surface area contributed by atoms with Gasteiger partial charge in [-0.3, -0.25) is 5.32 Å². The van der Waals surface area contributed by atoms with Gasteiger partial charge in [0.15, 0.2) is 0 Å². The Hall–Kier alpha value is -2.09. The van der Waals surface area contributed by atoms with Gasteiger partial charge in [0.25, 0.3) is 0 Å². The molecule has 2 heteroatoms. The van der Waals surface area contributed by atoms with E-state index in [0.717, 1.165) is 17.0 Å². The van der Waals surface area contributed by atoms with Crippen LogP contribution in [0.5, 0.6) is 0 Å². The summed E-state index contributed by atoms with van der Waals surface area (Å²) in [6, 6.07) is 29.5. The summed E-state index contributed by atoms with van der Waals surface area (Å²) in [6.45, 7) is 2.21. The number of benzene rings is 3. The van der Waals surface area contributed by atoms with Gasteiger partial charge in [-0.1, -0.05) is 97.4 Å². The van der Waals surface area contributed by atoms with Crippen molar-refractivity contribution in [2.24, 2.45) is 0 Å². The second kappa shape index (κ2) is 8.14. The van der Waals surface area contributed by atoms with Gasteiger partial charge in [-0.25, -0.2) is 0 Å². The lowest BCUT2D eigenvalue weighted by atomic mass is 9.95. The maximum atomic E-state index is 6.50. The van der Waals surface area contributed by atoms with Crippen molar-refractivity contribution in [2.75, 3.05) is 0 Å². The number of nitrogens with one attached hydrogen (secondary N) is 1. The van der Waals surface area contributed by atoms with E-state index in [1.807, 2.05) is 24.3 Å². The first-order chi connectivity index (χ1) is 11.8. The zero-order valence-corrected chi connectivity index (χ0v) is 14.6. The summed E-state index contributed by atoms with van der Waals surface area (Å²) in [5, 5.41) is 4.60. The second-order valence-electron chi connectivity index (χ2n) is 5.90. The highest BCUT2D eigenvalue weighted by Crippen LogP contribution is 2.31. The van der Waals surface area contributed by atoms with Crippen LogP contribution in [0.1, 0.15) is 42.1 Å². The third kappa shape index (κ3) is 3.87. The molecule has 0 aliphatic rings. The molecule has 0 fully saturated rings. The first-order valence-electron chi connectivity index (χ1n) is 8.40. The van der Waals surface area contributed by atoms with Gasteiger partial charge in [-0.2, -0.15) is 0 Å². The lowest BCUT2D eigenvalue weighted by Gasteiger charge is -2.27. The molecule has 2 atom stereocenters. The molecule has 1 unspecified atom stereocenters. The van der Waals surface area contributed by atoms with E-state index in [1.54, 1.807) is 0 Å². The Balaban J connectivity index is 1.98. The highest BCUT2D eigenvalue weighted by molar-refractivity contribution is 6.31. The van der Waals surface area contributed by atoms with E-state index >= 15 is 0 Å². The van der Waals surface area contributed by atoms with Crippen molar-refractivity contribution in [3.63, 3.8) is 0 Å². The summed E-state index contributed by atoms with van der Waals surface area (Å²) in [5.41, 5.74) is 3.63. The van der Waals surface area contributed by atoms with Gasteiger partial charge in [0.1, 0.15) is 0 Å². The van der Waals surface area contributed by atoms with E-state index in [1.165, 1.54) is 11.1 Å². The summed E-state index contributed by atoms with van der Waals surface area (Å²) in [7, 11) is 0. The number of halogens is 1. The molecule has 3 aromatic rings. The Kier molecular flexibility index (Phi) is 5.68. The number of rotatable bonds is 6. The predicted octanol–water partition coefficient (Wildman–Crippen LogP) is 6.17. The van der Waals surface area contributed by atoms with E-state index < -0.39 is 0 Å². The van der Waals surface area contributed by atoms with Gasteiger partial charge in [-0.05, 0) is 29.2 Å². The van der Waals surface area contributed by atoms with Crippen LogP contribution in [0.4, 0.5) is 0 Å². The Bertz CT molecular complexity index is 755. The van der Waals surface area contributed by atoms with Crippen molar-refractivity contribution < 1.29 is 0 Å². The predicted molar refractivity (Wildman–Crippen MR) is 102 cm³/mol. The molecule has 0 amide bonds. The van der Waals surface area contributed by atoms with Gasteiger partial charge in [0.05, 0.1) is 6.04 Å². The molecule has 0 aromatic heterocycles. The fourth-order valence-corrected chi connectivity index (χ4v) is 3.30. The Labute approximate surface area is 149 Å². The van der Waals surface area contributed by atoms with Crippen LogP contribution in [-0.4, -0.2) is 0 Å². The molecule has 3 rings (SSSR count). The summed E-state index contributed by atoms with van der Waals surface area (Å²) < 4.78 is 0. The van der Waals surface area contributed by atoms with Gasteiger partial charge >= 0.3 is 0 Å². The molecular weight excluding hydrogens is 314 g/mol. The minimum atomic E-state index is 0.0602. The molecule has 122 valence electrons. The van der Waals surface area contributed by atoms with Crippen LogP contribution in [0.3, 0.4) is 0 Å². The monoisotopic (exact) mass is 335 g/mol. The summed E-state index contributed by atoms with van der Waals surface area (Å²) in [6.07, 6.45) is 1.01. The Morgan fingerprint density at radius 3 is 1.88 bits per heavy atom. The molecule has 0 spiro atoms. The standard InChI is InChI=1S/C22H22ClN/c1-2-21(17-11-5-3-6-12-17)24-22(18-13-7-4-8-14-18)19-15-9-10-16-20(19)23/h3-16,21-22,24H,2H2,1H3/t21-,22?/m1/s1. The van der Waals surface area contributed by atoms with Crippen LogP contribution in [0.25, 0.3) is 0 Å². The highest BCUT2D eigenvalue weighted by Gasteiger charge is 2.20. The van der Waals surface area contributed by atoms with Crippen molar-refractivity contribution in [2.45, 2.75) is 25.4 Å². The van der Waals surface area contributed by atoms with Crippen molar-refractivity contribution in [3.05, 3.63) is 107 Å². The maximum absolute atomic E-state index is 6.50. The van der Waals surface area contributed by atoms with E-state index in [2.05, 4.69) is 72.9 Å². The molecule has 0 saturated carbocycles. The number of hydrogen-bond donors (Lipinski definition) is 1. The minimum Gasteiger partial charge on any atom is -0.299 e. The lowest BCUT2D eigenvalue weighted by molar-refractivity contribution is 0.474. The van der Waals surface area contributed by atoms with Crippen molar-refractivity contribution in [1.29, 1.82) is 0 Å². The van der Waals surface area contributed by atoms with Crippen LogP contribution < -0.4 is 5.32 Å². The Morgan fingerprint density at radius 2 is 1.29 bits per heavy atom. The zero-order valence-electron chi connectivity index (χ0n) is 13.8. The minimum absolute atomic E-state index is 0.0602. The zero-order chi connectivity index (χ0) is 16.8. The van der Waals surface area contributed by atoms with Crippen LogP contribution >= 0.6 is 11.6 Å². The van der Waals surface area contributed by atoms with Gasteiger partial charge in [0.2, 0.25) is 0 Å². The first kappa shape index (κ1) is 16.8. The van der Waals surface area contributed by atoms with Crippen LogP contribution in [0.15, 0.2) is 84.9 Å². The molecule has 0 heterocycles. The SMILES string of the molecule is CC[C@@H](NC(c1ccccc1)c1ccccc1Cl)c1ccccc1. The summed E-state index contributed by atoms with van der Waals surface area (Å²) >= 11 is 6.50. The van der Waals surface area contributed by atoms with E-state index in [9.17, 15) is 0 Å². The molecular formula is C22H22ClN. The van der Waals surface area contributed by atoms with Crippen LogP contribution in [-0.2, 0) is 0 Å². The maximum Gasteiger partial charge on any atom is 0.0596 e. The molecule has 24 heavy (non-hydrogen) atoms. The summed E-state index contributed by atoms with van der Waals surface area (Å²) in [4.78, 5) is 0. The molecule has 0 bridgehead atoms. The van der Waals surface area contributed by atoms with Crippen molar-refractivity contribution in [3.8, 4) is 0 Å². The second-order valence-corrected chi connectivity index (χ2v) is 6.31.